The summed E-state index contributed by atoms with van der Waals surface area (Å²) in [7, 11) is 0. The highest BCUT2D eigenvalue weighted by atomic mass is 79.9. The lowest BCUT2D eigenvalue weighted by Gasteiger charge is -2.26. The number of ether oxygens (including phenoxy) is 1. The molecule has 0 bridgehead atoms. The maximum absolute atomic E-state index is 14.1. The molecule has 2 aliphatic rings. The molecule has 0 unspecified atom stereocenters. The molecule has 0 aliphatic carbocycles. The molecule has 2 aliphatic heterocycles. The topological polar surface area (TPSA) is 93.5 Å². The monoisotopic (exact) mass is 525 g/mol. The van der Waals surface area contributed by atoms with Crippen LogP contribution < -0.4 is 15.4 Å². The first kappa shape index (κ1) is 22.5. The standard InChI is InChI=1S/C25H21BrFN3O4/c1-14-22(17-12-16(26)10-11-21(17)34-13-15-6-2-4-8-19(15)27)23(30(32)33)25(29-14)18-7-3-5-9-20(18)28-24(25)31/h2-12,14,22-23,29H,13H2,1H3,(H,28,31)/t14-,22+,23-,25-/m0/s1. The van der Waals surface area contributed by atoms with E-state index in [1.807, 2.05) is 6.92 Å². The summed E-state index contributed by atoms with van der Waals surface area (Å²) in [5.41, 5.74) is 0.543. The highest BCUT2D eigenvalue weighted by Crippen LogP contribution is 2.51. The molecule has 2 N–H and O–H groups in total. The van der Waals surface area contributed by atoms with Crippen LogP contribution in [0.2, 0.25) is 0 Å². The molecule has 0 radical (unpaired) electrons. The lowest BCUT2D eigenvalue weighted by molar-refractivity contribution is -0.532. The molecule has 1 fully saturated rings. The Labute approximate surface area is 203 Å². The minimum atomic E-state index is -1.52. The zero-order valence-electron chi connectivity index (χ0n) is 18.1. The van der Waals surface area contributed by atoms with Crippen molar-refractivity contribution < 1.29 is 18.8 Å². The third kappa shape index (κ3) is 3.47. The van der Waals surface area contributed by atoms with E-state index in [0.717, 1.165) is 0 Å². The molecule has 5 rings (SSSR count). The predicted octanol–water partition coefficient (Wildman–Crippen LogP) is 4.74. The number of para-hydroxylation sites is 1. The van der Waals surface area contributed by atoms with Gasteiger partial charge in [0.2, 0.25) is 0 Å². The lowest BCUT2D eigenvalue weighted by atomic mass is 9.78. The molecular formula is C25H21BrFN3O4. The maximum atomic E-state index is 14.1. The van der Waals surface area contributed by atoms with Crippen LogP contribution in [0.4, 0.5) is 10.1 Å². The molecule has 3 aromatic carbocycles. The van der Waals surface area contributed by atoms with Crippen LogP contribution in [0.15, 0.2) is 71.2 Å². The van der Waals surface area contributed by atoms with Crippen LogP contribution in [0.25, 0.3) is 0 Å². The quantitative estimate of drug-likeness (QED) is 0.370. The fraction of sp³-hybridized carbons (Fsp3) is 0.240. The van der Waals surface area contributed by atoms with Crippen LogP contribution in [-0.2, 0) is 16.9 Å². The number of carbonyl (C=O) groups excluding carboxylic acids is 1. The van der Waals surface area contributed by atoms with E-state index >= 15 is 0 Å². The van der Waals surface area contributed by atoms with Gasteiger partial charge in [-0.1, -0.05) is 52.3 Å². The first-order valence-electron chi connectivity index (χ1n) is 10.8. The SMILES string of the molecule is C[C@@H]1N[C@]2(C(=O)Nc3ccccc32)[C@@H]([N+](=O)[O-])[C@H]1c1cc(Br)ccc1OCc1ccccc1F. The van der Waals surface area contributed by atoms with E-state index in [0.29, 0.717) is 32.6 Å². The first-order chi connectivity index (χ1) is 16.3. The van der Waals surface area contributed by atoms with Crippen LogP contribution in [0.1, 0.15) is 29.5 Å². The van der Waals surface area contributed by atoms with Crippen molar-refractivity contribution in [1.29, 1.82) is 0 Å². The summed E-state index contributed by atoms with van der Waals surface area (Å²) in [6.45, 7) is 1.79. The maximum Gasteiger partial charge on any atom is 0.256 e. The molecule has 0 saturated carbocycles. The molecule has 1 saturated heterocycles. The molecule has 0 aromatic heterocycles. The van der Waals surface area contributed by atoms with Gasteiger partial charge in [-0.2, -0.15) is 0 Å². The Hall–Kier alpha value is -3.30. The van der Waals surface area contributed by atoms with Gasteiger partial charge in [0.25, 0.3) is 11.9 Å². The van der Waals surface area contributed by atoms with E-state index in [4.69, 9.17) is 4.74 Å². The summed E-state index contributed by atoms with van der Waals surface area (Å²) < 4.78 is 20.8. The summed E-state index contributed by atoms with van der Waals surface area (Å²) >= 11 is 3.46. The molecule has 174 valence electrons. The Morgan fingerprint density at radius 1 is 1.15 bits per heavy atom. The first-order valence-corrected chi connectivity index (χ1v) is 11.6. The zero-order valence-corrected chi connectivity index (χ0v) is 19.7. The van der Waals surface area contributed by atoms with E-state index in [9.17, 15) is 19.3 Å². The van der Waals surface area contributed by atoms with Crippen LogP contribution in [-0.4, -0.2) is 22.9 Å². The van der Waals surface area contributed by atoms with Crippen molar-refractivity contribution in [3.8, 4) is 5.75 Å². The van der Waals surface area contributed by atoms with Crippen molar-refractivity contribution in [2.75, 3.05) is 5.32 Å². The zero-order chi connectivity index (χ0) is 24.0. The van der Waals surface area contributed by atoms with Gasteiger partial charge >= 0.3 is 0 Å². The van der Waals surface area contributed by atoms with Crippen molar-refractivity contribution in [1.82, 2.24) is 5.32 Å². The van der Waals surface area contributed by atoms with E-state index in [1.54, 1.807) is 60.7 Å². The second-order valence-electron chi connectivity index (χ2n) is 8.56. The van der Waals surface area contributed by atoms with Crippen molar-refractivity contribution >= 4 is 27.5 Å². The van der Waals surface area contributed by atoms with Crippen molar-refractivity contribution in [2.24, 2.45) is 0 Å². The van der Waals surface area contributed by atoms with Gasteiger partial charge in [-0.15, -0.1) is 0 Å². The largest absolute Gasteiger partial charge is 0.488 e. The second kappa shape index (κ2) is 8.48. The van der Waals surface area contributed by atoms with Gasteiger partial charge in [0, 0.05) is 37.8 Å². The van der Waals surface area contributed by atoms with Crippen LogP contribution in [0.3, 0.4) is 0 Å². The summed E-state index contributed by atoms with van der Waals surface area (Å²) in [5.74, 6) is -1.13. The van der Waals surface area contributed by atoms with E-state index in [2.05, 4.69) is 26.6 Å². The number of fused-ring (bicyclic) bond motifs is 2. The molecule has 7 nitrogen and oxygen atoms in total. The minimum Gasteiger partial charge on any atom is -0.488 e. The number of halogens is 2. The van der Waals surface area contributed by atoms with Crippen LogP contribution in [0.5, 0.6) is 5.75 Å². The number of hydrogen-bond acceptors (Lipinski definition) is 5. The van der Waals surface area contributed by atoms with Gasteiger partial charge < -0.3 is 10.1 Å². The minimum absolute atomic E-state index is 0.0343. The van der Waals surface area contributed by atoms with Gasteiger partial charge in [-0.05, 0) is 37.3 Å². The Morgan fingerprint density at radius 2 is 1.88 bits per heavy atom. The Balaban J connectivity index is 1.59. The molecule has 34 heavy (non-hydrogen) atoms. The number of rotatable bonds is 5. The number of hydrogen-bond donors (Lipinski definition) is 2. The highest BCUT2D eigenvalue weighted by molar-refractivity contribution is 9.10. The van der Waals surface area contributed by atoms with Gasteiger partial charge in [0.15, 0.2) is 5.54 Å². The van der Waals surface area contributed by atoms with Gasteiger partial charge in [-0.25, -0.2) is 4.39 Å². The Bertz CT molecular complexity index is 1300. The summed E-state index contributed by atoms with van der Waals surface area (Å²) in [6, 6.07) is 16.8. The third-order valence-electron chi connectivity index (χ3n) is 6.64. The number of amides is 1. The van der Waals surface area contributed by atoms with Gasteiger partial charge in [-0.3, -0.25) is 20.2 Å². The molecule has 1 amide bonds. The number of benzene rings is 3. The van der Waals surface area contributed by atoms with E-state index in [1.165, 1.54) is 6.07 Å². The van der Waals surface area contributed by atoms with Gasteiger partial charge in [0.05, 0.1) is 5.92 Å². The second-order valence-corrected chi connectivity index (χ2v) is 9.47. The molecule has 1 spiro atoms. The summed E-state index contributed by atoms with van der Waals surface area (Å²) in [6.07, 6.45) is 0. The normalized spacial score (nSPS) is 25.3. The number of nitrogens with zero attached hydrogens (tertiary/aromatic N) is 1. The molecule has 3 aromatic rings. The van der Waals surface area contributed by atoms with E-state index < -0.39 is 35.3 Å². The van der Waals surface area contributed by atoms with Crippen molar-refractivity contribution in [3.05, 3.63) is 104 Å². The number of anilines is 1. The summed E-state index contributed by atoms with van der Waals surface area (Å²) in [4.78, 5) is 25.4. The number of carbonyl (C=O) groups is 1. The Kier molecular flexibility index (Phi) is 5.61. The fourth-order valence-electron chi connectivity index (χ4n) is 5.20. The van der Waals surface area contributed by atoms with E-state index in [-0.39, 0.29) is 11.5 Å². The molecule has 9 heteroatoms. The molecule has 2 heterocycles. The highest BCUT2D eigenvalue weighted by Gasteiger charge is 2.68. The smallest absolute Gasteiger partial charge is 0.256 e. The summed E-state index contributed by atoms with van der Waals surface area (Å²) in [5, 5.41) is 18.6. The third-order valence-corrected chi connectivity index (χ3v) is 7.13. The molecular weight excluding hydrogens is 505 g/mol. The number of nitro groups is 1. The van der Waals surface area contributed by atoms with Crippen molar-refractivity contribution in [2.45, 2.75) is 37.1 Å². The lowest BCUT2D eigenvalue weighted by Crippen LogP contribution is -2.54. The average Bonchev–Trinajstić information content (AvgIpc) is 3.27. The van der Waals surface area contributed by atoms with Crippen molar-refractivity contribution in [3.63, 3.8) is 0 Å². The molecule has 4 atom stereocenters. The van der Waals surface area contributed by atoms with Crippen LogP contribution in [0, 0.1) is 15.9 Å². The average molecular weight is 526 g/mol. The number of nitrogens with one attached hydrogen (secondary N) is 2. The van der Waals surface area contributed by atoms with Gasteiger partial charge in [0.1, 0.15) is 18.2 Å². The predicted molar refractivity (Wildman–Crippen MR) is 128 cm³/mol. The Morgan fingerprint density at radius 3 is 2.65 bits per heavy atom. The fourth-order valence-corrected chi connectivity index (χ4v) is 5.58. The van der Waals surface area contributed by atoms with Crippen LogP contribution >= 0.6 is 15.9 Å².